The van der Waals surface area contributed by atoms with E-state index in [4.69, 9.17) is 29.9 Å². The molecule has 0 saturated heterocycles. The summed E-state index contributed by atoms with van der Waals surface area (Å²) in [5.74, 6) is 2.13. The predicted octanol–water partition coefficient (Wildman–Crippen LogP) is 33.2. The Kier molecular flexibility index (Phi) is 21.7. The minimum Gasteiger partial charge on any atom is -0.293 e. The summed E-state index contributed by atoms with van der Waals surface area (Å²) in [6.45, 7) is 0. The van der Waals surface area contributed by atoms with Gasteiger partial charge in [-0.05, 0) is 149 Å². The first-order valence-electron chi connectivity index (χ1n) is 48.6. The highest BCUT2D eigenvalue weighted by Gasteiger charge is 2.28. The van der Waals surface area contributed by atoms with Gasteiger partial charge in [-0.3, -0.25) is 26.9 Å². The van der Waals surface area contributed by atoms with Gasteiger partial charge in [0.1, 0.15) is 16.9 Å². The van der Waals surface area contributed by atoms with E-state index in [0.717, 1.165) is 140 Å². The van der Waals surface area contributed by atoms with Crippen molar-refractivity contribution in [3.8, 4) is 163 Å². The Morgan fingerprint density at radius 3 is 0.632 bits per heavy atom. The monoisotopic (exact) mass is 1840 g/mol. The van der Waals surface area contributed by atoms with Crippen molar-refractivity contribution in [3.63, 3.8) is 0 Å². The van der Waals surface area contributed by atoms with Gasteiger partial charge in [0, 0.05) is 100.0 Å². The summed E-state index contributed by atoms with van der Waals surface area (Å²) in [6, 6.07) is 187. The third kappa shape index (κ3) is 15.4. The molecule has 0 fully saturated rings. The Bertz CT molecular complexity index is 9520. The zero-order valence-corrected chi connectivity index (χ0v) is 78.2. The number of hydrogen-bond acceptors (Lipinski definition) is 6. The van der Waals surface area contributed by atoms with Gasteiger partial charge >= 0.3 is 0 Å². The standard InChI is InChI=1S/C48H32N4.2C42H28N4/c1-4-15-33(16-5-1)37-19-14-20-38(31-37)42-32-41(49-47(50-42)36-17-6-2-7-18-36)34-27-29-35(30-28-34)46-40-23-10-11-24-43(40)52-45-26-13-12-25-44(45)51(48(46)52)39-21-8-3-9-22-39;1-4-15-29(16-5-1)35-28-36(44-41(43-35)30-17-6-2-7-18-30)31-19-14-20-32(27-31)40-34-23-10-11-24-37(34)46-39-26-13-12-25-38(39)45(42(40)46)33-21-8-3-9-22-33;1-4-14-29(15-5-1)35-28-36(44-41(43-35)32-16-6-2-7-17-32)30-24-26-31(27-25-30)40-34-20-10-11-21-37(34)46-39-23-13-12-22-38(39)45(42(40)46)33-18-8-3-9-19-33/h1-32H;2*1-28H. The largest absolute Gasteiger partial charge is 0.293 e. The van der Waals surface area contributed by atoms with Crippen molar-refractivity contribution >= 4 is 82.8 Å². The van der Waals surface area contributed by atoms with E-state index in [1.807, 2.05) is 84.9 Å². The average molecular weight is 1840 g/mol. The lowest BCUT2D eigenvalue weighted by molar-refractivity contribution is 1.15. The van der Waals surface area contributed by atoms with Gasteiger partial charge in [0.25, 0.3) is 0 Å². The third-order valence-electron chi connectivity index (χ3n) is 27.4. The van der Waals surface area contributed by atoms with Crippen LogP contribution in [0.15, 0.2) is 534 Å². The maximum Gasteiger partial charge on any atom is 0.160 e. The maximum absolute atomic E-state index is 5.14. The number of imidazole rings is 3. The van der Waals surface area contributed by atoms with Gasteiger partial charge in [0.2, 0.25) is 0 Å². The van der Waals surface area contributed by atoms with Crippen LogP contribution in [0.3, 0.4) is 0 Å². The molecule has 0 aliphatic carbocycles. The topological polar surface area (TPSA) is 105 Å². The quantitative estimate of drug-likeness (QED) is 0.0954. The lowest BCUT2D eigenvalue weighted by Crippen LogP contribution is -1.96. The molecule has 19 aromatic carbocycles. The zero-order valence-electron chi connectivity index (χ0n) is 78.2. The van der Waals surface area contributed by atoms with E-state index in [2.05, 4.69) is 476 Å². The van der Waals surface area contributed by atoms with Crippen molar-refractivity contribution in [3.05, 3.63) is 534 Å². The number of fused-ring (bicyclic) bond motifs is 15. The minimum atomic E-state index is 0.704. The number of rotatable bonds is 16. The molecule has 676 valence electrons. The summed E-state index contributed by atoms with van der Waals surface area (Å²) in [5.41, 5.74) is 41.5. The van der Waals surface area contributed by atoms with Crippen LogP contribution < -0.4 is 0 Å². The van der Waals surface area contributed by atoms with Crippen LogP contribution in [0, 0.1) is 0 Å². The lowest BCUT2D eigenvalue weighted by Gasteiger charge is -2.12. The van der Waals surface area contributed by atoms with Crippen molar-refractivity contribution in [2.75, 3.05) is 0 Å². The molecule has 9 aromatic heterocycles. The van der Waals surface area contributed by atoms with Gasteiger partial charge in [-0.25, -0.2) is 29.9 Å². The Balaban J connectivity index is 0.000000110. The molecular formula is C132H88N12. The molecule has 144 heavy (non-hydrogen) atoms. The van der Waals surface area contributed by atoms with Crippen LogP contribution in [-0.2, 0) is 0 Å². The second-order valence-corrected chi connectivity index (χ2v) is 36.0. The highest BCUT2D eigenvalue weighted by atomic mass is 15.2. The Morgan fingerprint density at radius 2 is 0.326 bits per heavy atom. The van der Waals surface area contributed by atoms with E-state index in [0.29, 0.717) is 17.5 Å². The van der Waals surface area contributed by atoms with Gasteiger partial charge in [0.15, 0.2) is 17.5 Å². The molecule has 12 heteroatoms. The number of hydrogen-bond donors (Lipinski definition) is 0. The molecule has 0 aliphatic heterocycles. The number of aromatic nitrogens is 12. The lowest BCUT2D eigenvalue weighted by atomic mass is 9.99. The van der Waals surface area contributed by atoms with Gasteiger partial charge in [-0.1, -0.05) is 413 Å². The summed E-state index contributed by atoms with van der Waals surface area (Å²) >= 11 is 0. The summed E-state index contributed by atoms with van der Waals surface area (Å²) in [7, 11) is 0. The molecule has 0 saturated carbocycles. The molecule has 12 nitrogen and oxygen atoms in total. The molecule has 28 aromatic rings. The molecule has 0 N–H and O–H groups in total. The summed E-state index contributed by atoms with van der Waals surface area (Å²) in [6.07, 6.45) is 0. The summed E-state index contributed by atoms with van der Waals surface area (Å²) in [4.78, 5) is 30.4. The molecule has 0 spiro atoms. The summed E-state index contributed by atoms with van der Waals surface area (Å²) < 4.78 is 14.4. The van der Waals surface area contributed by atoms with Crippen molar-refractivity contribution < 1.29 is 0 Å². The molecule has 0 amide bonds. The minimum absolute atomic E-state index is 0.704. The number of para-hydroxylation sites is 12. The fourth-order valence-electron chi connectivity index (χ4n) is 20.8. The van der Waals surface area contributed by atoms with Crippen LogP contribution >= 0.6 is 0 Å². The van der Waals surface area contributed by atoms with E-state index in [9.17, 15) is 0 Å². The fourth-order valence-corrected chi connectivity index (χ4v) is 20.8. The number of benzene rings is 19. The molecular weight excluding hydrogens is 1750 g/mol. The van der Waals surface area contributed by atoms with Crippen LogP contribution in [0.1, 0.15) is 0 Å². The van der Waals surface area contributed by atoms with Crippen molar-refractivity contribution in [1.82, 2.24) is 56.8 Å². The molecule has 0 aliphatic rings. The first kappa shape index (κ1) is 84.9. The molecule has 0 unspecified atom stereocenters. The molecule has 0 atom stereocenters. The molecule has 0 radical (unpaired) electrons. The Morgan fingerprint density at radius 1 is 0.125 bits per heavy atom. The van der Waals surface area contributed by atoms with Crippen LogP contribution in [-0.4, -0.2) is 56.8 Å². The van der Waals surface area contributed by atoms with Crippen molar-refractivity contribution in [2.45, 2.75) is 0 Å². The van der Waals surface area contributed by atoms with E-state index in [1.165, 1.54) is 88.1 Å². The van der Waals surface area contributed by atoms with Gasteiger partial charge in [0.05, 0.1) is 83.8 Å². The smallest absolute Gasteiger partial charge is 0.160 e. The predicted molar refractivity (Wildman–Crippen MR) is 593 cm³/mol. The van der Waals surface area contributed by atoms with E-state index in [1.54, 1.807) is 0 Å². The van der Waals surface area contributed by atoms with Crippen LogP contribution in [0.2, 0.25) is 0 Å². The van der Waals surface area contributed by atoms with Crippen molar-refractivity contribution in [1.29, 1.82) is 0 Å². The van der Waals surface area contributed by atoms with Gasteiger partial charge in [-0.2, -0.15) is 0 Å². The van der Waals surface area contributed by atoms with E-state index < -0.39 is 0 Å². The highest BCUT2D eigenvalue weighted by Crippen LogP contribution is 2.47. The maximum atomic E-state index is 5.14. The van der Waals surface area contributed by atoms with Gasteiger partial charge < -0.3 is 0 Å². The number of nitrogens with zero attached hydrogens (tertiary/aromatic N) is 12. The van der Waals surface area contributed by atoms with Crippen LogP contribution in [0.4, 0.5) is 0 Å². The zero-order chi connectivity index (χ0) is 95.3. The summed E-state index contributed by atoms with van der Waals surface area (Å²) in [5, 5.41) is 3.65. The second kappa shape index (κ2) is 36.7. The van der Waals surface area contributed by atoms with Crippen LogP contribution in [0.25, 0.3) is 246 Å². The Labute approximate surface area is 830 Å². The second-order valence-electron chi connectivity index (χ2n) is 36.0. The van der Waals surface area contributed by atoms with E-state index in [-0.39, 0.29) is 0 Å². The normalized spacial score (nSPS) is 11.5. The molecule has 9 heterocycles. The first-order valence-corrected chi connectivity index (χ1v) is 48.6. The SMILES string of the molecule is c1ccc(-c2cc(-c3ccc(-c4c5ccccc5n5c6ccccc6n(-c6ccccc6)c45)cc3)nc(-c3ccccc3)n2)cc1.c1ccc(-c2cc(-c3cccc(-c4c5ccccc5n5c6ccccc6n(-c6ccccc6)c45)c3)nc(-c3ccccc3)n2)cc1.c1ccc(-c2cccc(-c3cc(-c4ccc(-c5c6ccccc6n6c7ccccc7n(-c7ccccc7)c56)cc4)nc(-c4ccccc4)n3)c2)cc1. The molecule has 0 bridgehead atoms. The molecule has 28 rings (SSSR count). The average Bonchev–Trinajstić information content (AvgIpc) is 1.55. The fraction of sp³-hybridized carbons (Fsp3) is 0. The van der Waals surface area contributed by atoms with Gasteiger partial charge in [-0.15, -0.1) is 0 Å². The Hall–Kier alpha value is -19.6. The third-order valence-corrected chi connectivity index (χ3v) is 27.4. The van der Waals surface area contributed by atoms with Crippen LogP contribution in [0.5, 0.6) is 0 Å². The highest BCUT2D eigenvalue weighted by molar-refractivity contribution is 6.13. The van der Waals surface area contributed by atoms with Crippen molar-refractivity contribution in [2.24, 2.45) is 0 Å². The first-order chi connectivity index (χ1) is 71.5. The van der Waals surface area contributed by atoms with E-state index >= 15 is 0 Å².